The van der Waals surface area contributed by atoms with E-state index in [1.54, 1.807) is 20.0 Å². The Morgan fingerprint density at radius 1 is 1.53 bits per heavy atom. The third-order valence-electron chi connectivity index (χ3n) is 2.61. The fourth-order valence-electron chi connectivity index (χ4n) is 1.12. The second-order valence-corrected chi connectivity index (χ2v) is 4.92. The Labute approximate surface area is 107 Å². The summed E-state index contributed by atoms with van der Waals surface area (Å²) in [4.78, 5) is 16.2. The van der Waals surface area contributed by atoms with Crippen molar-refractivity contribution in [1.82, 2.24) is 10.3 Å². The molecule has 0 saturated heterocycles. The van der Waals surface area contributed by atoms with Crippen molar-refractivity contribution in [2.45, 2.75) is 27.3 Å². The Morgan fingerprint density at radius 3 is 2.65 bits per heavy atom. The minimum Gasteiger partial charge on any atom is -0.392 e. The predicted octanol–water partition coefficient (Wildman–Crippen LogP) is 1.32. The molecule has 92 valence electrons. The van der Waals surface area contributed by atoms with Crippen molar-refractivity contribution in [3.05, 3.63) is 29.6 Å². The molecule has 0 fully saturated rings. The van der Waals surface area contributed by atoms with Gasteiger partial charge in [0.1, 0.15) is 0 Å². The lowest BCUT2D eigenvalue weighted by molar-refractivity contribution is -0.126. The molecule has 0 unspecified atom stereocenters. The molecule has 0 saturated carbocycles. The largest absolute Gasteiger partial charge is 0.392 e. The van der Waals surface area contributed by atoms with Gasteiger partial charge in [-0.3, -0.25) is 9.78 Å². The van der Waals surface area contributed by atoms with Gasteiger partial charge < -0.3 is 11.1 Å². The zero-order chi connectivity index (χ0) is 13.1. The van der Waals surface area contributed by atoms with Crippen LogP contribution in [-0.2, 0) is 11.3 Å². The molecule has 1 amide bonds. The molecular formula is C12H17N3OS. The Balaban J connectivity index is 2.60. The zero-order valence-electron chi connectivity index (χ0n) is 10.3. The number of rotatable bonds is 4. The van der Waals surface area contributed by atoms with Crippen molar-refractivity contribution in [3.63, 3.8) is 0 Å². The molecule has 1 rings (SSSR count). The van der Waals surface area contributed by atoms with Gasteiger partial charge in [-0.25, -0.2) is 0 Å². The van der Waals surface area contributed by atoms with Gasteiger partial charge in [0, 0.05) is 18.4 Å². The van der Waals surface area contributed by atoms with E-state index in [1.165, 1.54) is 0 Å². The summed E-state index contributed by atoms with van der Waals surface area (Å²) in [5, 5.41) is 2.79. The summed E-state index contributed by atoms with van der Waals surface area (Å²) in [6, 6.07) is 3.83. The molecule has 0 aliphatic rings. The van der Waals surface area contributed by atoms with Crippen LogP contribution < -0.4 is 11.1 Å². The molecule has 1 heterocycles. The molecule has 0 bridgehead atoms. The van der Waals surface area contributed by atoms with Gasteiger partial charge in [0.05, 0.1) is 10.4 Å². The van der Waals surface area contributed by atoms with Crippen LogP contribution in [0, 0.1) is 12.3 Å². The highest BCUT2D eigenvalue weighted by molar-refractivity contribution is 7.80. The summed E-state index contributed by atoms with van der Waals surface area (Å²) in [7, 11) is 0. The SMILES string of the molecule is Cc1ccc(CNC(=O)C(C)(C)C(N)=S)cn1. The number of hydrogen-bond donors (Lipinski definition) is 2. The number of pyridine rings is 1. The molecule has 0 aliphatic carbocycles. The maximum Gasteiger partial charge on any atom is 0.232 e. The molecular weight excluding hydrogens is 234 g/mol. The van der Waals surface area contributed by atoms with Crippen LogP contribution >= 0.6 is 12.2 Å². The molecule has 0 radical (unpaired) electrons. The lowest BCUT2D eigenvalue weighted by atomic mass is 9.92. The van der Waals surface area contributed by atoms with E-state index in [-0.39, 0.29) is 10.9 Å². The number of aryl methyl sites for hydroxylation is 1. The summed E-state index contributed by atoms with van der Waals surface area (Å²) in [5.74, 6) is -0.175. The second-order valence-electron chi connectivity index (χ2n) is 4.48. The topological polar surface area (TPSA) is 68.0 Å². The lowest BCUT2D eigenvalue weighted by Crippen LogP contribution is -2.44. The third kappa shape index (κ3) is 3.49. The maximum absolute atomic E-state index is 11.8. The quantitative estimate of drug-likeness (QED) is 0.792. The van der Waals surface area contributed by atoms with Gasteiger partial charge >= 0.3 is 0 Å². The lowest BCUT2D eigenvalue weighted by Gasteiger charge is -2.21. The van der Waals surface area contributed by atoms with Crippen LogP contribution in [0.15, 0.2) is 18.3 Å². The number of carbonyl (C=O) groups excluding carboxylic acids is 1. The van der Waals surface area contributed by atoms with Crippen molar-refractivity contribution >= 4 is 23.1 Å². The molecule has 17 heavy (non-hydrogen) atoms. The Hall–Kier alpha value is -1.49. The third-order valence-corrected chi connectivity index (χ3v) is 3.12. The van der Waals surface area contributed by atoms with Gasteiger partial charge in [-0.2, -0.15) is 0 Å². The highest BCUT2D eigenvalue weighted by atomic mass is 32.1. The first-order valence-corrected chi connectivity index (χ1v) is 5.74. The molecule has 0 aromatic carbocycles. The molecule has 0 spiro atoms. The van der Waals surface area contributed by atoms with Gasteiger partial charge in [0.2, 0.25) is 5.91 Å². The fraction of sp³-hybridized carbons (Fsp3) is 0.417. The Bertz CT molecular complexity index is 426. The first-order chi connectivity index (χ1) is 7.84. The summed E-state index contributed by atoms with van der Waals surface area (Å²) < 4.78 is 0. The van der Waals surface area contributed by atoms with E-state index in [4.69, 9.17) is 18.0 Å². The summed E-state index contributed by atoms with van der Waals surface area (Å²) >= 11 is 4.86. The van der Waals surface area contributed by atoms with Crippen LogP contribution in [0.25, 0.3) is 0 Å². The minimum absolute atomic E-state index is 0.175. The van der Waals surface area contributed by atoms with Crippen LogP contribution in [0.1, 0.15) is 25.1 Å². The van der Waals surface area contributed by atoms with Crippen molar-refractivity contribution < 1.29 is 4.79 Å². The van der Waals surface area contributed by atoms with Crippen molar-refractivity contribution in [2.24, 2.45) is 11.1 Å². The molecule has 0 atom stereocenters. The average Bonchev–Trinajstić information content (AvgIpc) is 2.27. The fourth-order valence-corrected chi connectivity index (χ4v) is 1.21. The molecule has 3 N–H and O–H groups in total. The van der Waals surface area contributed by atoms with E-state index in [0.717, 1.165) is 11.3 Å². The summed E-state index contributed by atoms with van der Waals surface area (Å²) in [6.07, 6.45) is 1.74. The standard InChI is InChI=1S/C12H17N3OS/c1-8-4-5-9(6-14-8)7-15-11(16)12(2,3)10(13)17/h4-6H,7H2,1-3H3,(H2,13,17)(H,15,16). The summed E-state index contributed by atoms with van der Waals surface area (Å²) in [5.41, 5.74) is 6.59. The van der Waals surface area contributed by atoms with Crippen molar-refractivity contribution in [2.75, 3.05) is 0 Å². The highest BCUT2D eigenvalue weighted by Crippen LogP contribution is 2.15. The molecule has 4 nitrogen and oxygen atoms in total. The van der Waals surface area contributed by atoms with E-state index in [2.05, 4.69) is 10.3 Å². The monoisotopic (exact) mass is 251 g/mol. The van der Waals surface area contributed by atoms with Crippen LogP contribution in [0.5, 0.6) is 0 Å². The van der Waals surface area contributed by atoms with E-state index in [0.29, 0.717) is 6.54 Å². The number of hydrogen-bond acceptors (Lipinski definition) is 3. The number of thiocarbonyl (C=S) groups is 1. The van der Waals surface area contributed by atoms with E-state index in [1.807, 2.05) is 19.1 Å². The number of nitrogens with zero attached hydrogens (tertiary/aromatic N) is 1. The van der Waals surface area contributed by atoms with Gasteiger partial charge in [0.25, 0.3) is 0 Å². The molecule has 1 aromatic rings. The highest BCUT2D eigenvalue weighted by Gasteiger charge is 2.30. The number of aromatic nitrogens is 1. The second kappa shape index (κ2) is 5.23. The number of amides is 1. The Kier molecular flexibility index (Phi) is 4.17. The van der Waals surface area contributed by atoms with Gasteiger partial charge in [-0.05, 0) is 32.4 Å². The van der Waals surface area contributed by atoms with Crippen LogP contribution in [0.4, 0.5) is 0 Å². The maximum atomic E-state index is 11.8. The van der Waals surface area contributed by atoms with Crippen molar-refractivity contribution in [1.29, 1.82) is 0 Å². The first-order valence-electron chi connectivity index (χ1n) is 5.34. The summed E-state index contributed by atoms with van der Waals surface area (Å²) in [6.45, 7) is 5.76. The number of nitrogens with two attached hydrogens (primary N) is 1. The molecule has 1 aromatic heterocycles. The predicted molar refractivity (Wildman–Crippen MR) is 71.4 cm³/mol. The minimum atomic E-state index is -0.826. The van der Waals surface area contributed by atoms with Crippen LogP contribution in [0.3, 0.4) is 0 Å². The number of nitrogens with one attached hydrogen (secondary N) is 1. The molecule has 0 aliphatic heterocycles. The van der Waals surface area contributed by atoms with Crippen LogP contribution in [0.2, 0.25) is 0 Å². The first kappa shape index (κ1) is 13.6. The van der Waals surface area contributed by atoms with E-state index >= 15 is 0 Å². The van der Waals surface area contributed by atoms with Crippen LogP contribution in [-0.4, -0.2) is 15.9 Å². The smallest absolute Gasteiger partial charge is 0.232 e. The zero-order valence-corrected chi connectivity index (χ0v) is 11.1. The average molecular weight is 251 g/mol. The van der Waals surface area contributed by atoms with Gasteiger partial charge in [0.15, 0.2) is 0 Å². The van der Waals surface area contributed by atoms with E-state index in [9.17, 15) is 4.79 Å². The van der Waals surface area contributed by atoms with E-state index < -0.39 is 5.41 Å². The van der Waals surface area contributed by atoms with Crippen molar-refractivity contribution in [3.8, 4) is 0 Å². The number of carbonyl (C=O) groups is 1. The van der Waals surface area contributed by atoms with Gasteiger partial charge in [-0.1, -0.05) is 18.3 Å². The Morgan fingerprint density at radius 2 is 2.18 bits per heavy atom. The van der Waals surface area contributed by atoms with Gasteiger partial charge in [-0.15, -0.1) is 0 Å². The normalized spacial score (nSPS) is 11.0. The molecule has 5 heteroatoms.